The summed E-state index contributed by atoms with van der Waals surface area (Å²) in [7, 11) is 0. The van der Waals surface area contributed by atoms with Crippen LogP contribution < -0.4 is 0 Å². The van der Waals surface area contributed by atoms with E-state index in [1.165, 1.54) is 6.26 Å². The third-order valence-corrected chi connectivity index (χ3v) is 1.23. The summed E-state index contributed by atoms with van der Waals surface area (Å²) in [5.41, 5.74) is 0.961. The predicted octanol–water partition coefficient (Wildman–Crippen LogP) is 2.30. The molecule has 0 aliphatic heterocycles. The monoisotopic (exact) mass is 253 g/mol. The van der Waals surface area contributed by atoms with Gasteiger partial charge >= 0.3 is 0 Å². The number of hydrogen-bond donors (Lipinski definition) is 1. The van der Waals surface area contributed by atoms with Crippen molar-refractivity contribution in [2.24, 2.45) is 0 Å². The molecule has 0 spiro atoms. The number of phenolic OH excluding ortho intramolecular Hbond substituents is 1. The summed E-state index contributed by atoms with van der Waals surface area (Å²) in [6.07, 6.45) is 1.38. The van der Waals surface area contributed by atoms with Crippen LogP contribution in [-0.4, -0.2) is 5.11 Å². The Balaban J connectivity index is 0. The molecule has 0 fully saturated rings. The molecule has 0 bridgehead atoms. The summed E-state index contributed by atoms with van der Waals surface area (Å²) in [5.74, 6) is 0.146. The van der Waals surface area contributed by atoms with Gasteiger partial charge in [0.05, 0.1) is 12.9 Å². The van der Waals surface area contributed by atoms with Gasteiger partial charge in [0.1, 0.15) is 0 Å². The first kappa shape index (κ1) is 15.2. The van der Waals surface area contributed by atoms with Crippen LogP contribution in [0.5, 0.6) is 5.75 Å². The van der Waals surface area contributed by atoms with E-state index >= 15 is 0 Å². The average molecular weight is 253 g/mol. The van der Waals surface area contributed by atoms with Crippen molar-refractivity contribution < 1.29 is 42.6 Å². The first-order valence-electron chi connectivity index (χ1n) is 3.25. The molecule has 0 saturated carbocycles. The van der Waals surface area contributed by atoms with Crippen molar-refractivity contribution in [3.63, 3.8) is 0 Å². The van der Waals surface area contributed by atoms with E-state index in [1.807, 2.05) is 0 Å². The van der Waals surface area contributed by atoms with E-state index < -0.39 is 0 Å². The molecule has 2 nitrogen and oxygen atoms in total. The van der Waals surface area contributed by atoms with Gasteiger partial charge in [-0.25, -0.2) is 0 Å². The minimum absolute atomic E-state index is 0. The molecular weight excluding hydrogens is 241 g/mol. The zero-order valence-electron chi connectivity index (χ0n) is 7.66. The summed E-state index contributed by atoms with van der Waals surface area (Å²) in [6, 6.07) is 7.67. The van der Waals surface area contributed by atoms with Gasteiger partial charge in [0.15, 0.2) is 0 Å². The topological polar surface area (TPSA) is 29.5 Å². The molecular formula is C10H12O2Y-2. The van der Waals surface area contributed by atoms with Crippen LogP contribution >= 0.6 is 0 Å². The largest absolute Gasteiger partial charge is 0.534 e. The van der Waals surface area contributed by atoms with Gasteiger partial charge < -0.3 is 17.3 Å². The molecule has 1 radical (unpaired) electrons. The molecule has 0 saturated heterocycles. The van der Waals surface area contributed by atoms with Crippen LogP contribution in [0.4, 0.5) is 0 Å². The van der Waals surface area contributed by atoms with Crippen LogP contribution in [0.2, 0.25) is 0 Å². The van der Waals surface area contributed by atoms with Crippen molar-refractivity contribution in [2.45, 2.75) is 6.61 Å². The smallest absolute Gasteiger partial charge is 0.0746 e. The van der Waals surface area contributed by atoms with Crippen molar-refractivity contribution in [3.8, 4) is 5.75 Å². The van der Waals surface area contributed by atoms with E-state index in [4.69, 9.17) is 9.84 Å². The van der Waals surface area contributed by atoms with Crippen LogP contribution in [0.1, 0.15) is 5.56 Å². The number of ether oxygens (including phenoxy) is 1. The number of hydrogen-bond acceptors (Lipinski definition) is 2. The van der Waals surface area contributed by atoms with Crippen LogP contribution in [0, 0.1) is 13.5 Å². The van der Waals surface area contributed by atoms with Crippen molar-refractivity contribution in [2.75, 3.05) is 0 Å². The zero-order chi connectivity index (χ0) is 8.10. The molecule has 0 aromatic heterocycles. The quantitative estimate of drug-likeness (QED) is 0.661. The summed E-state index contributed by atoms with van der Waals surface area (Å²) in [6.45, 7) is 3.88. The van der Waals surface area contributed by atoms with Gasteiger partial charge in [0, 0.05) is 38.5 Å². The number of benzene rings is 1. The molecule has 1 aromatic carbocycles. The van der Waals surface area contributed by atoms with Gasteiger partial charge in [0.2, 0.25) is 0 Å². The van der Waals surface area contributed by atoms with Crippen molar-refractivity contribution in [1.29, 1.82) is 0 Å². The molecule has 1 rings (SSSR count). The molecule has 1 N–H and O–H groups in total. The third kappa shape index (κ3) is 5.83. The summed E-state index contributed by atoms with van der Waals surface area (Å²) in [4.78, 5) is 0. The van der Waals surface area contributed by atoms with Gasteiger partial charge in [-0.05, 0) is 0 Å². The molecule has 1 aromatic rings. The second kappa shape index (κ2) is 8.27. The standard InChI is InChI=1S/C9H9O2.CH3.Y/c1-2-11-7-8-3-5-9(10)6-4-8;;/h2-5,10H,1,7H2;1H3;/q2*-1;. The van der Waals surface area contributed by atoms with Crippen molar-refractivity contribution >= 4 is 0 Å². The second-order valence-corrected chi connectivity index (χ2v) is 2.06. The Morgan fingerprint density at radius 2 is 2.23 bits per heavy atom. The first-order valence-corrected chi connectivity index (χ1v) is 3.25. The molecule has 0 aliphatic carbocycles. The normalized spacial score (nSPS) is 7.69. The van der Waals surface area contributed by atoms with E-state index in [2.05, 4.69) is 12.6 Å². The summed E-state index contributed by atoms with van der Waals surface area (Å²) < 4.78 is 4.92. The first-order chi connectivity index (χ1) is 5.33. The maximum atomic E-state index is 8.87. The van der Waals surface area contributed by atoms with E-state index in [0.717, 1.165) is 5.56 Å². The van der Waals surface area contributed by atoms with Gasteiger partial charge in [-0.15, -0.1) is 17.7 Å². The Labute approximate surface area is 104 Å². The van der Waals surface area contributed by atoms with Gasteiger partial charge in [0.25, 0.3) is 0 Å². The Hall–Kier alpha value is -0.336. The third-order valence-electron chi connectivity index (χ3n) is 1.23. The minimum atomic E-state index is 0. The fraction of sp³-hybridized carbons (Fsp3) is 0.100. The molecule has 0 unspecified atom stereocenters. The van der Waals surface area contributed by atoms with Crippen molar-refractivity contribution in [1.82, 2.24) is 0 Å². The van der Waals surface area contributed by atoms with Gasteiger partial charge in [-0.2, -0.15) is 12.1 Å². The van der Waals surface area contributed by atoms with E-state index in [-0.39, 0.29) is 45.9 Å². The van der Waals surface area contributed by atoms with E-state index in [9.17, 15) is 0 Å². The molecule has 0 aliphatic rings. The van der Waals surface area contributed by atoms with Gasteiger partial charge in [-0.3, -0.25) is 0 Å². The molecule has 13 heavy (non-hydrogen) atoms. The Morgan fingerprint density at radius 1 is 1.54 bits per heavy atom. The molecule has 69 valence electrons. The van der Waals surface area contributed by atoms with Crippen molar-refractivity contribution in [3.05, 3.63) is 50.1 Å². The minimum Gasteiger partial charge on any atom is -0.534 e. The Kier molecular flexibility index (Phi) is 9.64. The SMILES string of the molecule is C=COCc1c[c-]c(O)cc1.[CH3-].[Y]. The average Bonchev–Trinajstić information content (AvgIpc) is 2.04. The van der Waals surface area contributed by atoms with Crippen LogP contribution in [0.3, 0.4) is 0 Å². The predicted molar refractivity (Wildman–Crippen MR) is 48.3 cm³/mol. The number of aromatic hydroxyl groups is 1. The summed E-state index contributed by atoms with van der Waals surface area (Å²) >= 11 is 0. The fourth-order valence-electron chi connectivity index (χ4n) is 0.694. The van der Waals surface area contributed by atoms with E-state index in [0.29, 0.717) is 6.61 Å². The van der Waals surface area contributed by atoms with Gasteiger partial charge in [-0.1, -0.05) is 6.58 Å². The van der Waals surface area contributed by atoms with Crippen LogP contribution in [0.25, 0.3) is 0 Å². The Morgan fingerprint density at radius 3 is 2.69 bits per heavy atom. The molecule has 0 heterocycles. The summed E-state index contributed by atoms with van der Waals surface area (Å²) in [5, 5.41) is 8.87. The molecule has 3 heteroatoms. The molecule has 0 atom stereocenters. The Bertz CT molecular complexity index is 231. The zero-order valence-corrected chi connectivity index (χ0v) is 10.5. The second-order valence-electron chi connectivity index (χ2n) is 2.06. The van der Waals surface area contributed by atoms with E-state index in [1.54, 1.807) is 18.2 Å². The van der Waals surface area contributed by atoms with Crippen LogP contribution in [-0.2, 0) is 44.1 Å². The fourth-order valence-corrected chi connectivity index (χ4v) is 0.694. The molecule has 0 amide bonds. The maximum absolute atomic E-state index is 8.87. The number of phenols is 1. The number of rotatable bonds is 3. The maximum Gasteiger partial charge on any atom is 0.0746 e. The van der Waals surface area contributed by atoms with Crippen LogP contribution in [0.15, 0.2) is 31.0 Å².